The van der Waals surface area contributed by atoms with E-state index in [0.717, 1.165) is 24.3 Å². The van der Waals surface area contributed by atoms with Gasteiger partial charge in [-0.1, -0.05) is 40.0 Å². The van der Waals surface area contributed by atoms with Crippen molar-refractivity contribution in [1.29, 1.82) is 0 Å². The molecule has 21 heavy (non-hydrogen) atoms. The maximum absolute atomic E-state index is 12.3. The summed E-state index contributed by atoms with van der Waals surface area (Å²) in [5.74, 6) is -0.204. The lowest BCUT2D eigenvalue weighted by Gasteiger charge is -2.31. The average Bonchev–Trinajstić information content (AvgIpc) is 2.75. The van der Waals surface area contributed by atoms with Gasteiger partial charge in [0.05, 0.1) is 27.8 Å². The predicted octanol–water partition coefficient (Wildman–Crippen LogP) is 3.05. The molecule has 2 rings (SSSR count). The molecule has 0 saturated heterocycles. The van der Waals surface area contributed by atoms with E-state index in [1.807, 2.05) is 5.38 Å². The predicted molar refractivity (Wildman–Crippen MR) is 86.3 cm³/mol. The fraction of sp³-hybridized carbons (Fsp3) is 0.800. The summed E-state index contributed by atoms with van der Waals surface area (Å²) in [7, 11) is -3.33. The summed E-state index contributed by atoms with van der Waals surface area (Å²) in [4.78, 5) is 4.44. The van der Waals surface area contributed by atoms with E-state index < -0.39 is 15.4 Å². The first kappa shape index (κ1) is 16.9. The van der Waals surface area contributed by atoms with E-state index in [0.29, 0.717) is 18.5 Å². The summed E-state index contributed by atoms with van der Waals surface area (Å²) in [6.45, 7) is 6.19. The van der Waals surface area contributed by atoms with Crippen LogP contribution in [-0.2, 0) is 21.0 Å². The van der Waals surface area contributed by atoms with Crippen LogP contribution in [0.5, 0.6) is 0 Å². The fourth-order valence-electron chi connectivity index (χ4n) is 2.76. The highest BCUT2D eigenvalue weighted by Gasteiger charge is 2.34. The summed E-state index contributed by atoms with van der Waals surface area (Å²) >= 11 is 1.50. The summed E-state index contributed by atoms with van der Waals surface area (Å²) < 4.78 is 24.7. The maximum Gasteiger partial charge on any atom is 0.158 e. The SMILES string of the molecule is CC(C)(C)c1nc(CS(=O)(=O)CC2(O)CCCCC2)cs1. The van der Waals surface area contributed by atoms with Crippen LogP contribution >= 0.6 is 11.3 Å². The zero-order valence-electron chi connectivity index (χ0n) is 13.1. The van der Waals surface area contributed by atoms with Crippen molar-refractivity contribution in [2.24, 2.45) is 0 Å². The number of hydrogen-bond acceptors (Lipinski definition) is 5. The molecule has 0 bridgehead atoms. The van der Waals surface area contributed by atoms with E-state index in [1.54, 1.807) is 0 Å². The second-order valence-electron chi connectivity index (χ2n) is 7.21. The van der Waals surface area contributed by atoms with Crippen molar-refractivity contribution in [3.05, 3.63) is 16.1 Å². The Morgan fingerprint density at radius 1 is 1.29 bits per heavy atom. The van der Waals surface area contributed by atoms with E-state index in [4.69, 9.17) is 0 Å². The Morgan fingerprint density at radius 2 is 1.90 bits per heavy atom. The highest BCUT2D eigenvalue weighted by atomic mass is 32.2. The van der Waals surface area contributed by atoms with Gasteiger partial charge in [-0.15, -0.1) is 11.3 Å². The molecule has 4 nitrogen and oxygen atoms in total. The highest BCUT2D eigenvalue weighted by Crippen LogP contribution is 2.31. The van der Waals surface area contributed by atoms with Crippen LogP contribution in [0, 0.1) is 0 Å². The summed E-state index contributed by atoms with van der Waals surface area (Å²) in [6, 6.07) is 0. The largest absolute Gasteiger partial charge is 0.389 e. The van der Waals surface area contributed by atoms with E-state index in [9.17, 15) is 13.5 Å². The normalized spacial score (nSPS) is 19.6. The quantitative estimate of drug-likeness (QED) is 0.921. The van der Waals surface area contributed by atoms with E-state index in [1.165, 1.54) is 11.3 Å². The number of sulfone groups is 1. The lowest BCUT2D eigenvalue weighted by molar-refractivity contribution is 0.0257. The van der Waals surface area contributed by atoms with Crippen molar-refractivity contribution in [3.8, 4) is 0 Å². The molecule has 6 heteroatoms. The molecule has 1 heterocycles. The number of hydrogen-bond donors (Lipinski definition) is 1. The number of thiazole rings is 1. The summed E-state index contributed by atoms with van der Waals surface area (Å²) in [6.07, 6.45) is 4.10. The molecule has 0 aromatic carbocycles. The minimum Gasteiger partial charge on any atom is -0.389 e. The second kappa shape index (κ2) is 5.97. The number of aromatic nitrogens is 1. The molecule has 1 aliphatic rings. The Hall–Kier alpha value is -0.460. The smallest absolute Gasteiger partial charge is 0.158 e. The van der Waals surface area contributed by atoms with Crippen LogP contribution in [0.4, 0.5) is 0 Å². The van der Waals surface area contributed by atoms with Crippen molar-refractivity contribution >= 4 is 21.2 Å². The summed E-state index contributed by atoms with van der Waals surface area (Å²) in [5.41, 5.74) is -0.488. The Labute approximate surface area is 131 Å². The number of rotatable bonds is 4. The van der Waals surface area contributed by atoms with Crippen molar-refractivity contribution in [1.82, 2.24) is 4.98 Å². The monoisotopic (exact) mass is 331 g/mol. The summed E-state index contributed by atoms with van der Waals surface area (Å²) in [5, 5.41) is 13.2. The van der Waals surface area contributed by atoms with Crippen LogP contribution in [0.3, 0.4) is 0 Å². The van der Waals surface area contributed by atoms with Gasteiger partial charge in [-0.05, 0) is 12.8 Å². The molecule has 0 atom stereocenters. The van der Waals surface area contributed by atoms with E-state index in [-0.39, 0.29) is 16.9 Å². The first-order valence-electron chi connectivity index (χ1n) is 7.47. The molecule has 0 radical (unpaired) electrons. The van der Waals surface area contributed by atoms with Crippen molar-refractivity contribution < 1.29 is 13.5 Å². The van der Waals surface area contributed by atoms with E-state index >= 15 is 0 Å². The molecule has 1 aromatic rings. The fourth-order valence-corrected chi connectivity index (χ4v) is 5.58. The molecule has 1 N–H and O–H groups in total. The van der Waals surface area contributed by atoms with Gasteiger partial charge < -0.3 is 5.11 Å². The van der Waals surface area contributed by atoms with E-state index in [2.05, 4.69) is 25.8 Å². The van der Waals surface area contributed by atoms with Crippen LogP contribution < -0.4 is 0 Å². The topological polar surface area (TPSA) is 67.3 Å². The van der Waals surface area contributed by atoms with Crippen LogP contribution in [-0.4, -0.2) is 29.9 Å². The minimum absolute atomic E-state index is 0.0613. The lowest BCUT2D eigenvalue weighted by Crippen LogP contribution is -2.39. The Kier molecular flexibility index (Phi) is 4.81. The average molecular weight is 332 g/mol. The van der Waals surface area contributed by atoms with Gasteiger partial charge in [-0.25, -0.2) is 13.4 Å². The van der Waals surface area contributed by atoms with Gasteiger partial charge in [0.2, 0.25) is 0 Å². The molecule has 1 aromatic heterocycles. The standard InChI is InChI=1S/C15H25NO3S2/c1-14(2,3)13-16-12(9-20-13)10-21(18,19)11-15(17)7-5-4-6-8-15/h9,17H,4-8,10-11H2,1-3H3. The third-order valence-corrected chi connectivity index (χ3v) is 6.86. The Bertz CT molecular complexity index is 578. The molecule has 1 saturated carbocycles. The van der Waals surface area contributed by atoms with Crippen molar-refractivity contribution in [2.75, 3.05) is 5.75 Å². The van der Waals surface area contributed by atoms with Gasteiger partial charge in [-0.2, -0.15) is 0 Å². The Morgan fingerprint density at radius 3 is 2.43 bits per heavy atom. The molecule has 0 unspecified atom stereocenters. The van der Waals surface area contributed by atoms with Crippen molar-refractivity contribution in [3.63, 3.8) is 0 Å². The molecule has 0 amide bonds. The van der Waals surface area contributed by atoms with Gasteiger partial charge in [0.1, 0.15) is 0 Å². The lowest BCUT2D eigenvalue weighted by atomic mass is 9.86. The third kappa shape index (κ3) is 4.76. The van der Waals surface area contributed by atoms with Crippen LogP contribution in [0.15, 0.2) is 5.38 Å². The molecular weight excluding hydrogens is 306 g/mol. The minimum atomic E-state index is -3.33. The molecule has 1 aliphatic carbocycles. The highest BCUT2D eigenvalue weighted by molar-refractivity contribution is 7.90. The first-order valence-corrected chi connectivity index (χ1v) is 10.2. The van der Waals surface area contributed by atoms with Crippen LogP contribution in [0.1, 0.15) is 63.6 Å². The zero-order valence-corrected chi connectivity index (χ0v) is 14.7. The zero-order chi connectivity index (χ0) is 15.7. The molecule has 0 spiro atoms. The molecule has 1 fully saturated rings. The molecule has 0 aliphatic heterocycles. The number of nitrogens with zero attached hydrogens (tertiary/aromatic N) is 1. The molecular formula is C15H25NO3S2. The third-order valence-electron chi connectivity index (χ3n) is 3.83. The van der Waals surface area contributed by atoms with Crippen LogP contribution in [0.25, 0.3) is 0 Å². The second-order valence-corrected chi connectivity index (χ2v) is 10.1. The van der Waals surface area contributed by atoms with Gasteiger partial charge in [0, 0.05) is 10.8 Å². The van der Waals surface area contributed by atoms with Gasteiger partial charge in [0.25, 0.3) is 0 Å². The van der Waals surface area contributed by atoms with Gasteiger partial charge in [0.15, 0.2) is 9.84 Å². The van der Waals surface area contributed by atoms with Crippen LogP contribution in [0.2, 0.25) is 0 Å². The maximum atomic E-state index is 12.3. The first-order chi connectivity index (χ1) is 9.60. The number of aliphatic hydroxyl groups is 1. The van der Waals surface area contributed by atoms with Crippen molar-refractivity contribution in [2.45, 2.75) is 69.6 Å². The van der Waals surface area contributed by atoms with Gasteiger partial charge in [-0.3, -0.25) is 0 Å². The Balaban J connectivity index is 2.05. The van der Waals surface area contributed by atoms with Gasteiger partial charge >= 0.3 is 0 Å². The molecule has 120 valence electrons.